The maximum Gasteiger partial charge on any atom is 0.133 e. The Morgan fingerprint density at radius 3 is 2.10 bits per heavy atom. The van der Waals surface area contributed by atoms with E-state index in [0.29, 0.717) is 0 Å². The molecule has 3 nitrogen and oxygen atoms in total. The maximum atomic E-state index is 5.73. The molecular weight excluding hydrogens is 400 g/mol. The topological polar surface area (TPSA) is 31.6 Å². The highest BCUT2D eigenvalue weighted by Crippen LogP contribution is 2.44. The van der Waals surface area contributed by atoms with Crippen LogP contribution in [0, 0.1) is 20.8 Å². The van der Waals surface area contributed by atoms with Crippen LogP contribution < -0.4 is 9.47 Å². The van der Waals surface area contributed by atoms with E-state index in [0.717, 1.165) is 44.2 Å². The van der Waals surface area contributed by atoms with E-state index in [9.17, 15) is 0 Å². The van der Waals surface area contributed by atoms with Crippen molar-refractivity contribution in [3.8, 4) is 11.5 Å². The van der Waals surface area contributed by atoms with E-state index in [2.05, 4.69) is 38.8 Å². The molecule has 0 N–H and O–H groups in total. The standard InChI is InChI=1S/C16H18Br2O3/c1-8-9(2)21-10(3)15(8)16(18)11-6-14(20-5)12(17)7-13(11)19-4/h6-7,16H,1-5H3. The fourth-order valence-electron chi connectivity index (χ4n) is 2.42. The molecule has 114 valence electrons. The van der Waals surface area contributed by atoms with Crippen LogP contribution in [0.4, 0.5) is 0 Å². The number of ether oxygens (including phenoxy) is 2. The lowest BCUT2D eigenvalue weighted by molar-refractivity contribution is 0.397. The van der Waals surface area contributed by atoms with Gasteiger partial charge in [-0.15, -0.1) is 0 Å². The molecule has 1 atom stereocenters. The second kappa shape index (κ2) is 6.44. The number of alkyl halides is 1. The van der Waals surface area contributed by atoms with Gasteiger partial charge in [0, 0.05) is 11.1 Å². The van der Waals surface area contributed by atoms with Crippen molar-refractivity contribution in [2.45, 2.75) is 25.6 Å². The summed E-state index contributed by atoms with van der Waals surface area (Å²) >= 11 is 7.26. The van der Waals surface area contributed by atoms with Crippen molar-refractivity contribution in [2.24, 2.45) is 0 Å². The second-order valence-electron chi connectivity index (χ2n) is 4.84. The van der Waals surface area contributed by atoms with Gasteiger partial charge in [0.2, 0.25) is 0 Å². The molecule has 0 aliphatic carbocycles. The van der Waals surface area contributed by atoms with Crippen LogP contribution in [0.5, 0.6) is 11.5 Å². The summed E-state index contributed by atoms with van der Waals surface area (Å²) in [6.07, 6.45) is 0. The summed E-state index contributed by atoms with van der Waals surface area (Å²) in [6, 6.07) is 3.89. The van der Waals surface area contributed by atoms with Crippen LogP contribution in [-0.2, 0) is 0 Å². The molecule has 0 aliphatic rings. The maximum absolute atomic E-state index is 5.73. The third-order valence-electron chi connectivity index (χ3n) is 3.65. The van der Waals surface area contributed by atoms with E-state index < -0.39 is 0 Å². The van der Waals surface area contributed by atoms with Crippen molar-refractivity contribution in [1.29, 1.82) is 0 Å². The van der Waals surface area contributed by atoms with Gasteiger partial charge in [0.05, 0.1) is 23.5 Å². The van der Waals surface area contributed by atoms with Gasteiger partial charge in [-0.05, 0) is 54.4 Å². The Morgan fingerprint density at radius 2 is 1.62 bits per heavy atom. The van der Waals surface area contributed by atoms with Gasteiger partial charge in [-0.3, -0.25) is 0 Å². The van der Waals surface area contributed by atoms with Crippen LogP contribution in [0.3, 0.4) is 0 Å². The minimum absolute atomic E-state index is 0.0214. The van der Waals surface area contributed by atoms with Gasteiger partial charge >= 0.3 is 0 Å². The Balaban J connectivity index is 2.59. The first-order valence-corrected chi connectivity index (χ1v) is 8.23. The smallest absolute Gasteiger partial charge is 0.133 e. The molecule has 0 amide bonds. The van der Waals surface area contributed by atoms with Crippen molar-refractivity contribution in [1.82, 2.24) is 0 Å². The Bertz CT molecular complexity index is 662. The molecule has 0 bridgehead atoms. The SMILES string of the molecule is COc1cc(C(Br)c2c(C)oc(C)c2C)c(OC)cc1Br. The number of furan rings is 1. The van der Waals surface area contributed by atoms with Gasteiger partial charge in [0.1, 0.15) is 23.0 Å². The minimum Gasteiger partial charge on any atom is -0.496 e. The van der Waals surface area contributed by atoms with Crippen LogP contribution in [-0.4, -0.2) is 14.2 Å². The lowest BCUT2D eigenvalue weighted by Crippen LogP contribution is -2.00. The molecule has 21 heavy (non-hydrogen) atoms. The third kappa shape index (κ3) is 2.99. The number of hydrogen-bond acceptors (Lipinski definition) is 3. The molecule has 2 aromatic rings. The lowest BCUT2D eigenvalue weighted by atomic mass is 10.00. The van der Waals surface area contributed by atoms with E-state index in [1.807, 2.05) is 26.0 Å². The molecule has 0 aliphatic heterocycles. The van der Waals surface area contributed by atoms with Gasteiger partial charge < -0.3 is 13.9 Å². The summed E-state index contributed by atoms with van der Waals surface area (Å²) in [6.45, 7) is 6.02. The zero-order chi connectivity index (χ0) is 15.7. The highest BCUT2D eigenvalue weighted by atomic mass is 79.9. The molecule has 0 radical (unpaired) electrons. The summed E-state index contributed by atoms with van der Waals surface area (Å²) in [5.74, 6) is 3.42. The Hall–Kier alpha value is -0.940. The third-order valence-corrected chi connectivity index (χ3v) is 5.22. The molecular formula is C16H18Br2O3. The molecule has 1 aromatic carbocycles. The number of hydrogen-bond donors (Lipinski definition) is 0. The first kappa shape index (κ1) is 16.4. The van der Waals surface area contributed by atoms with E-state index in [4.69, 9.17) is 13.9 Å². The average molecular weight is 418 g/mol. The molecule has 5 heteroatoms. The summed E-state index contributed by atoms with van der Waals surface area (Å²) in [7, 11) is 3.32. The molecule has 0 saturated heterocycles. The zero-order valence-electron chi connectivity index (χ0n) is 12.7. The first-order valence-electron chi connectivity index (χ1n) is 6.52. The predicted molar refractivity (Wildman–Crippen MR) is 90.9 cm³/mol. The van der Waals surface area contributed by atoms with Crippen molar-refractivity contribution in [3.05, 3.63) is 44.8 Å². The number of methoxy groups -OCH3 is 2. The molecule has 2 rings (SSSR count). The van der Waals surface area contributed by atoms with E-state index in [-0.39, 0.29) is 4.83 Å². The summed E-state index contributed by atoms with van der Waals surface area (Å²) < 4.78 is 17.5. The summed E-state index contributed by atoms with van der Waals surface area (Å²) in [5, 5.41) is 0. The molecule has 0 fully saturated rings. The van der Waals surface area contributed by atoms with Crippen LogP contribution in [0.15, 0.2) is 21.0 Å². The van der Waals surface area contributed by atoms with Crippen molar-refractivity contribution in [3.63, 3.8) is 0 Å². The molecule has 0 saturated carbocycles. The van der Waals surface area contributed by atoms with Crippen LogP contribution >= 0.6 is 31.9 Å². The monoisotopic (exact) mass is 416 g/mol. The minimum atomic E-state index is -0.0214. The van der Waals surface area contributed by atoms with Gasteiger partial charge in [0.25, 0.3) is 0 Å². The predicted octanol–water partition coefficient (Wildman–Crippen LogP) is 5.47. The molecule has 0 spiro atoms. The lowest BCUT2D eigenvalue weighted by Gasteiger charge is -2.17. The number of aryl methyl sites for hydroxylation is 2. The van der Waals surface area contributed by atoms with E-state index in [1.165, 1.54) is 0 Å². The van der Waals surface area contributed by atoms with Gasteiger partial charge in [-0.1, -0.05) is 15.9 Å². The largest absolute Gasteiger partial charge is 0.496 e. The molecule has 1 unspecified atom stereocenters. The van der Waals surface area contributed by atoms with Crippen molar-refractivity contribution >= 4 is 31.9 Å². The second-order valence-corrected chi connectivity index (χ2v) is 6.61. The zero-order valence-corrected chi connectivity index (χ0v) is 15.9. The van der Waals surface area contributed by atoms with Crippen molar-refractivity contribution < 1.29 is 13.9 Å². The molecule has 1 heterocycles. The fraction of sp³-hybridized carbons (Fsp3) is 0.375. The number of halogens is 2. The normalized spacial score (nSPS) is 12.3. The number of rotatable bonds is 4. The first-order chi connectivity index (χ1) is 9.90. The van der Waals surface area contributed by atoms with E-state index in [1.54, 1.807) is 14.2 Å². The van der Waals surface area contributed by atoms with Crippen molar-refractivity contribution in [2.75, 3.05) is 14.2 Å². The van der Waals surface area contributed by atoms with Gasteiger partial charge in [-0.2, -0.15) is 0 Å². The Kier molecular flexibility index (Phi) is 5.04. The quantitative estimate of drug-likeness (QED) is 0.618. The van der Waals surface area contributed by atoms with Crippen LogP contribution in [0.25, 0.3) is 0 Å². The molecule has 1 aromatic heterocycles. The van der Waals surface area contributed by atoms with Crippen LogP contribution in [0.2, 0.25) is 0 Å². The highest BCUT2D eigenvalue weighted by molar-refractivity contribution is 9.10. The van der Waals surface area contributed by atoms with Gasteiger partial charge in [-0.25, -0.2) is 0 Å². The van der Waals surface area contributed by atoms with Crippen LogP contribution in [0.1, 0.15) is 33.0 Å². The number of benzene rings is 1. The Labute approximate surface area is 141 Å². The van der Waals surface area contributed by atoms with Gasteiger partial charge in [0.15, 0.2) is 0 Å². The summed E-state index contributed by atoms with van der Waals surface area (Å²) in [5.41, 5.74) is 3.29. The van der Waals surface area contributed by atoms with E-state index >= 15 is 0 Å². The highest BCUT2D eigenvalue weighted by Gasteiger charge is 2.24. The summed E-state index contributed by atoms with van der Waals surface area (Å²) in [4.78, 5) is -0.0214. The average Bonchev–Trinajstić information content (AvgIpc) is 2.71. The fourth-order valence-corrected chi connectivity index (χ4v) is 3.93. The Morgan fingerprint density at radius 1 is 1.00 bits per heavy atom.